The number of fused-ring (bicyclic) bond motifs is 1. The fraction of sp³-hybridized carbons (Fsp3) is 0.300. The van der Waals surface area contributed by atoms with Gasteiger partial charge in [0.05, 0.1) is 24.7 Å². The summed E-state index contributed by atoms with van der Waals surface area (Å²) in [5.41, 5.74) is 1.92. The smallest absolute Gasteiger partial charge is 0.222 e. The second kappa shape index (κ2) is 8.38. The summed E-state index contributed by atoms with van der Waals surface area (Å²) in [4.78, 5) is 21.7. The third kappa shape index (κ3) is 4.53. The predicted octanol–water partition coefficient (Wildman–Crippen LogP) is 3.04. The van der Waals surface area contributed by atoms with Gasteiger partial charge < -0.3 is 19.4 Å². The number of nitrogens with one attached hydrogen (secondary N) is 1. The summed E-state index contributed by atoms with van der Waals surface area (Å²) in [6, 6.07) is 15.2. The molecule has 3 rings (SSSR count). The maximum Gasteiger partial charge on any atom is 0.222 e. The molecule has 0 bridgehead atoms. The second-order valence-electron chi connectivity index (χ2n) is 6.04. The highest BCUT2D eigenvalue weighted by Gasteiger charge is 2.11. The van der Waals surface area contributed by atoms with Gasteiger partial charge in [-0.25, -0.2) is 4.98 Å². The summed E-state index contributed by atoms with van der Waals surface area (Å²) in [5, 5.41) is 0. The van der Waals surface area contributed by atoms with Gasteiger partial charge in [-0.3, -0.25) is 4.79 Å². The van der Waals surface area contributed by atoms with Crippen LogP contribution in [0.1, 0.15) is 12.2 Å². The molecule has 1 aromatic heterocycles. The number of amides is 1. The summed E-state index contributed by atoms with van der Waals surface area (Å²) in [6.45, 7) is 0.976. The molecular formula is C20H23N3O3. The van der Waals surface area contributed by atoms with Crippen LogP contribution >= 0.6 is 0 Å². The first kappa shape index (κ1) is 17.8. The van der Waals surface area contributed by atoms with Crippen molar-refractivity contribution >= 4 is 16.9 Å². The van der Waals surface area contributed by atoms with E-state index in [1.54, 1.807) is 19.1 Å². The average molecular weight is 353 g/mol. The maximum absolute atomic E-state index is 12.3. The Morgan fingerprint density at radius 3 is 2.58 bits per heavy atom. The molecule has 0 aliphatic carbocycles. The average Bonchev–Trinajstić information content (AvgIpc) is 3.09. The number of hydrogen-bond acceptors (Lipinski definition) is 4. The first-order valence-electron chi connectivity index (χ1n) is 8.60. The third-order valence-electron chi connectivity index (χ3n) is 4.19. The minimum absolute atomic E-state index is 0.0730. The molecule has 1 N–H and O–H groups in total. The van der Waals surface area contributed by atoms with Crippen molar-refractivity contribution in [2.45, 2.75) is 12.8 Å². The number of imidazole rings is 1. The van der Waals surface area contributed by atoms with Crippen LogP contribution in [0.5, 0.6) is 11.5 Å². The van der Waals surface area contributed by atoms with Gasteiger partial charge in [-0.2, -0.15) is 0 Å². The number of nitrogens with zero attached hydrogens (tertiary/aromatic N) is 2. The number of rotatable bonds is 8. The SMILES string of the molecule is COc1ccc(OCCN(C)C(=O)CCc2nc3ccccc3[nH]2)cc1. The summed E-state index contributed by atoms with van der Waals surface area (Å²) in [5.74, 6) is 2.45. The summed E-state index contributed by atoms with van der Waals surface area (Å²) in [6.07, 6.45) is 1.01. The normalized spacial score (nSPS) is 10.7. The number of benzene rings is 2. The van der Waals surface area contributed by atoms with Crippen LogP contribution in [0.3, 0.4) is 0 Å². The molecule has 0 fully saturated rings. The first-order valence-corrected chi connectivity index (χ1v) is 8.60. The van der Waals surface area contributed by atoms with E-state index >= 15 is 0 Å². The van der Waals surface area contributed by atoms with Crippen LogP contribution in [0, 0.1) is 0 Å². The molecule has 0 aliphatic heterocycles. The molecule has 0 saturated carbocycles. The lowest BCUT2D eigenvalue weighted by molar-refractivity contribution is -0.130. The van der Waals surface area contributed by atoms with Gasteiger partial charge in [0.1, 0.15) is 23.9 Å². The summed E-state index contributed by atoms with van der Waals surface area (Å²) < 4.78 is 10.8. The van der Waals surface area contributed by atoms with Crippen molar-refractivity contribution in [3.05, 3.63) is 54.4 Å². The molecule has 0 atom stereocenters. The molecule has 0 aliphatic rings. The molecule has 136 valence electrons. The molecule has 0 unspecified atom stereocenters. The second-order valence-corrected chi connectivity index (χ2v) is 6.04. The van der Waals surface area contributed by atoms with E-state index in [0.717, 1.165) is 28.4 Å². The van der Waals surface area contributed by atoms with Crippen LogP contribution in [0.4, 0.5) is 0 Å². The van der Waals surface area contributed by atoms with Gasteiger partial charge in [-0.1, -0.05) is 12.1 Å². The van der Waals surface area contributed by atoms with E-state index in [-0.39, 0.29) is 5.91 Å². The summed E-state index contributed by atoms with van der Waals surface area (Å²) >= 11 is 0. The monoisotopic (exact) mass is 353 g/mol. The number of likely N-dealkylation sites (N-methyl/N-ethyl adjacent to an activating group) is 1. The number of aromatic nitrogens is 2. The van der Waals surface area contributed by atoms with Crippen molar-refractivity contribution in [2.75, 3.05) is 27.3 Å². The lowest BCUT2D eigenvalue weighted by Crippen LogP contribution is -2.31. The molecule has 3 aromatic rings. The van der Waals surface area contributed by atoms with Gasteiger partial charge in [-0.15, -0.1) is 0 Å². The van der Waals surface area contributed by atoms with Gasteiger partial charge in [-0.05, 0) is 36.4 Å². The molecule has 6 nitrogen and oxygen atoms in total. The number of ether oxygens (including phenoxy) is 2. The number of carbonyl (C=O) groups is 1. The first-order chi connectivity index (χ1) is 12.7. The van der Waals surface area contributed by atoms with Crippen LogP contribution in [-0.4, -0.2) is 48.1 Å². The highest BCUT2D eigenvalue weighted by Crippen LogP contribution is 2.17. The Morgan fingerprint density at radius 1 is 1.12 bits per heavy atom. The van der Waals surface area contributed by atoms with E-state index < -0.39 is 0 Å². The third-order valence-corrected chi connectivity index (χ3v) is 4.19. The Hall–Kier alpha value is -3.02. The molecule has 1 heterocycles. The largest absolute Gasteiger partial charge is 0.497 e. The van der Waals surface area contributed by atoms with E-state index in [4.69, 9.17) is 9.47 Å². The Kier molecular flexibility index (Phi) is 5.73. The summed E-state index contributed by atoms with van der Waals surface area (Å²) in [7, 11) is 3.42. The number of para-hydroxylation sites is 2. The highest BCUT2D eigenvalue weighted by atomic mass is 16.5. The zero-order valence-electron chi connectivity index (χ0n) is 15.1. The van der Waals surface area contributed by atoms with E-state index in [1.807, 2.05) is 48.5 Å². The molecule has 0 saturated heterocycles. The number of H-pyrrole nitrogens is 1. The lowest BCUT2D eigenvalue weighted by Gasteiger charge is -2.17. The zero-order valence-corrected chi connectivity index (χ0v) is 15.1. The lowest BCUT2D eigenvalue weighted by atomic mass is 10.2. The molecule has 0 spiro atoms. The van der Waals surface area contributed by atoms with Crippen molar-refractivity contribution in [3.63, 3.8) is 0 Å². The number of aromatic amines is 1. The zero-order chi connectivity index (χ0) is 18.4. The number of carbonyl (C=O) groups excluding carboxylic acids is 1. The van der Waals surface area contributed by atoms with Crippen LogP contribution in [0.15, 0.2) is 48.5 Å². The standard InChI is InChI=1S/C20H23N3O3/c1-23(13-14-26-16-9-7-15(25-2)8-10-16)20(24)12-11-19-21-17-5-3-4-6-18(17)22-19/h3-10H,11-14H2,1-2H3,(H,21,22). The Morgan fingerprint density at radius 2 is 1.85 bits per heavy atom. The van der Waals surface area contributed by atoms with Crippen molar-refractivity contribution < 1.29 is 14.3 Å². The van der Waals surface area contributed by atoms with Gasteiger partial charge in [0, 0.05) is 19.9 Å². The van der Waals surface area contributed by atoms with Gasteiger partial charge in [0.15, 0.2) is 0 Å². The van der Waals surface area contributed by atoms with E-state index in [9.17, 15) is 4.79 Å². The Balaban J connectivity index is 1.42. The predicted molar refractivity (Wildman–Crippen MR) is 101 cm³/mol. The number of aryl methyl sites for hydroxylation is 1. The fourth-order valence-corrected chi connectivity index (χ4v) is 2.64. The van der Waals surface area contributed by atoms with Crippen LogP contribution in [-0.2, 0) is 11.2 Å². The minimum Gasteiger partial charge on any atom is -0.497 e. The van der Waals surface area contributed by atoms with Crippen molar-refractivity contribution in [1.82, 2.24) is 14.9 Å². The number of hydrogen-bond donors (Lipinski definition) is 1. The van der Waals surface area contributed by atoms with Gasteiger partial charge >= 0.3 is 0 Å². The topological polar surface area (TPSA) is 67.5 Å². The van der Waals surface area contributed by atoms with Crippen LogP contribution in [0.25, 0.3) is 11.0 Å². The molecule has 1 amide bonds. The fourth-order valence-electron chi connectivity index (χ4n) is 2.64. The van der Waals surface area contributed by atoms with E-state index in [0.29, 0.717) is 26.0 Å². The highest BCUT2D eigenvalue weighted by molar-refractivity contribution is 5.77. The van der Waals surface area contributed by atoms with Crippen LogP contribution < -0.4 is 9.47 Å². The van der Waals surface area contributed by atoms with Crippen molar-refractivity contribution in [3.8, 4) is 11.5 Å². The minimum atomic E-state index is 0.0730. The van der Waals surface area contributed by atoms with Crippen molar-refractivity contribution in [2.24, 2.45) is 0 Å². The quantitative estimate of drug-likeness (QED) is 0.676. The molecule has 0 radical (unpaired) electrons. The molecular weight excluding hydrogens is 330 g/mol. The Labute approximate surface area is 152 Å². The Bertz CT molecular complexity index is 825. The van der Waals surface area contributed by atoms with Crippen LogP contribution in [0.2, 0.25) is 0 Å². The van der Waals surface area contributed by atoms with E-state index in [2.05, 4.69) is 9.97 Å². The van der Waals surface area contributed by atoms with Crippen molar-refractivity contribution in [1.29, 1.82) is 0 Å². The van der Waals surface area contributed by atoms with E-state index in [1.165, 1.54) is 0 Å². The van der Waals surface area contributed by atoms with Gasteiger partial charge in [0.25, 0.3) is 0 Å². The molecule has 26 heavy (non-hydrogen) atoms. The molecule has 6 heteroatoms. The molecule has 2 aromatic carbocycles. The number of methoxy groups -OCH3 is 1. The maximum atomic E-state index is 12.3. The van der Waals surface area contributed by atoms with Gasteiger partial charge in [0.2, 0.25) is 5.91 Å².